The maximum atomic E-state index is 12.1. The fourth-order valence-electron chi connectivity index (χ4n) is 2.23. The van der Waals surface area contributed by atoms with Crippen molar-refractivity contribution in [2.75, 3.05) is 5.32 Å². The van der Waals surface area contributed by atoms with Gasteiger partial charge in [-0.2, -0.15) is 0 Å². The first-order valence-electron chi connectivity index (χ1n) is 6.79. The summed E-state index contributed by atoms with van der Waals surface area (Å²) in [6.45, 7) is 6.00. The largest absolute Gasteiger partial charge is 0.325 e. The Balaban J connectivity index is 2.32. The molecule has 0 fully saturated rings. The lowest BCUT2D eigenvalue weighted by Gasteiger charge is -2.13. The topological polar surface area (TPSA) is 42.0 Å². The molecule has 2 aromatic rings. The molecule has 0 aliphatic carbocycles. The third kappa shape index (κ3) is 3.11. The number of nitrogens with zero attached hydrogens (tertiary/aromatic N) is 1. The first-order valence-corrected chi connectivity index (χ1v) is 6.79. The second-order valence-corrected chi connectivity index (χ2v) is 5.01. The van der Waals surface area contributed by atoms with Crippen LogP contribution in [0.1, 0.15) is 32.4 Å². The van der Waals surface area contributed by atoms with Crippen molar-refractivity contribution in [1.29, 1.82) is 0 Å². The Kier molecular flexibility index (Phi) is 4.15. The Labute approximate surface area is 114 Å². The molecule has 2 rings (SSSR count). The van der Waals surface area contributed by atoms with Crippen molar-refractivity contribution < 1.29 is 4.79 Å². The Hall–Kier alpha value is -1.90. The number of fused-ring (bicyclic) bond motifs is 1. The van der Waals surface area contributed by atoms with Crippen LogP contribution in [0.15, 0.2) is 30.3 Å². The van der Waals surface area contributed by atoms with Crippen molar-refractivity contribution in [3.05, 3.63) is 36.0 Å². The highest BCUT2D eigenvalue weighted by molar-refractivity contribution is 6.01. The van der Waals surface area contributed by atoms with Crippen LogP contribution in [0.25, 0.3) is 10.9 Å². The monoisotopic (exact) mass is 256 g/mol. The Morgan fingerprint density at radius 3 is 2.84 bits per heavy atom. The third-order valence-corrected chi connectivity index (χ3v) is 3.27. The highest BCUT2D eigenvalue weighted by Crippen LogP contribution is 2.23. The van der Waals surface area contributed by atoms with Gasteiger partial charge < -0.3 is 5.32 Å². The van der Waals surface area contributed by atoms with Gasteiger partial charge in [0.1, 0.15) is 0 Å². The number of para-hydroxylation sites is 1. The van der Waals surface area contributed by atoms with E-state index in [1.807, 2.05) is 44.2 Å². The zero-order chi connectivity index (χ0) is 13.8. The van der Waals surface area contributed by atoms with Crippen LogP contribution in [0.5, 0.6) is 0 Å². The molecular weight excluding hydrogens is 236 g/mol. The standard InChI is InChI=1S/C16H20N2O/c1-4-7-11(2)16(19)18-15-10-12(3)17-14-9-6-5-8-13(14)15/h5-6,8-11H,4,7H2,1-3H3,(H,17,18,19)/t11-/m1/s1. The number of amides is 1. The summed E-state index contributed by atoms with van der Waals surface area (Å²) in [6.07, 6.45) is 1.93. The minimum atomic E-state index is 0.0391. The van der Waals surface area contributed by atoms with E-state index in [2.05, 4.69) is 17.2 Å². The minimum Gasteiger partial charge on any atom is -0.325 e. The molecule has 0 bridgehead atoms. The number of carbonyl (C=O) groups excluding carboxylic acids is 1. The number of anilines is 1. The fraction of sp³-hybridized carbons (Fsp3) is 0.375. The van der Waals surface area contributed by atoms with Crippen LogP contribution in [-0.4, -0.2) is 10.9 Å². The van der Waals surface area contributed by atoms with Gasteiger partial charge in [0.15, 0.2) is 0 Å². The van der Waals surface area contributed by atoms with Crippen LogP contribution >= 0.6 is 0 Å². The summed E-state index contributed by atoms with van der Waals surface area (Å²) in [5.74, 6) is 0.120. The fourth-order valence-corrected chi connectivity index (χ4v) is 2.23. The molecule has 1 atom stereocenters. The molecule has 100 valence electrons. The molecule has 0 aliphatic rings. The molecule has 1 amide bonds. The Bertz CT molecular complexity index is 592. The quantitative estimate of drug-likeness (QED) is 0.901. The molecule has 1 aromatic heterocycles. The van der Waals surface area contributed by atoms with Gasteiger partial charge in [-0.3, -0.25) is 9.78 Å². The second-order valence-electron chi connectivity index (χ2n) is 5.01. The van der Waals surface area contributed by atoms with Crippen LogP contribution in [0.4, 0.5) is 5.69 Å². The van der Waals surface area contributed by atoms with Gasteiger partial charge in [-0.15, -0.1) is 0 Å². The van der Waals surface area contributed by atoms with E-state index in [0.717, 1.165) is 35.1 Å². The van der Waals surface area contributed by atoms with Crippen LogP contribution in [0.3, 0.4) is 0 Å². The number of hydrogen-bond acceptors (Lipinski definition) is 2. The number of benzene rings is 1. The first-order chi connectivity index (χ1) is 9.11. The van der Waals surface area contributed by atoms with E-state index >= 15 is 0 Å². The van der Waals surface area contributed by atoms with Crippen molar-refractivity contribution in [2.24, 2.45) is 5.92 Å². The van der Waals surface area contributed by atoms with E-state index in [9.17, 15) is 4.79 Å². The van der Waals surface area contributed by atoms with Gasteiger partial charge in [-0.1, -0.05) is 38.5 Å². The zero-order valence-electron chi connectivity index (χ0n) is 11.7. The van der Waals surface area contributed by atoms with E-state index in [0.29, 0.717) is 0 Å². The van der Waals surface area contributed by atoms with Crippen molar-refractivity contribution in [1.82, 2.24) is 4.98 Å². The van der Waals surface area contributed by atoms with Crippen molar-refractivity contribution in [3.8, 4) is 0 Å². The van der Waals surface area contributed by atoms with Gasteiger partial charge in [-0.05, 0) is 25.5 Å². The molecule has 0 saturated carbocycles. The lowest BCUT2D eigenvalue weighted by Crippen LogP contribution is -2.20. The van der Waals surface area contributed by atoms with Gasteiger partial charge in [0, 0.05) is 17.0 Å². The highest BCUT2D eigenvalue weighted by Gasteiger charge is 2.13. The molecule has 0 spiro atoms. The predicted octanol–water partition coefficient (Wildman–Crippen LogP) is 3.92. The molecule has 0 saturated heterocycles. The van der Waals surface area contributed by atoms with Crippen molar-refractivity contribution >= 4 is 22.5 Å². The number of pyridine rings is 1. The van der Waals surface area contributed by atoms with Crippen LogP contribution < -0.4 is 5.32 Å². The van der Waals surface area contributed by atoms with Crippen LogP contribution in [0, 0.1) is 12.8 Å². The predicted molar refractivity (Wildman–Crippen MR) is 79.2 cm³/mol. The molecule has 1 N–H and O–H groups in total. The number of aromatic nitrogens is 1. The van der Waals surface area contributed by atoms with Crippen molar-refractivity contribution in [3.63, 3.8) is 0 Å². The SMILES string of the molecule is CCC[C@@H](C)C(=O)Nc1cc(C)nc2ccccc12. The van der Waals surface area contributed by atoms with Crippen molar-refractivity contribution in [2.45, 2.75) is 33.6 Å². The lowest BCUT2D eigenvalue weighted by atomic mass is 10.0. The van der Waals surface area contributed by atoms with Gasteiger partial charge in [0.2, 0.25) is 5.91 Å². The lowest BCUT2D eigenvalue weighted by molar-refractivity contribution is -0.119. The smallest absolute Gasteiger partial charge is 0.227 e. The van der Waals surface area contributed by atoms with Crippen LogP contribution in [0.2, 0.25) is 0 Å². The first kappa shape index (κ1) is 13.5. The average molecular weight is 256 g/mol. The summed E-state index contributed by atoms with van der Waals surface area (Å²) in [5, 5.41) is 4.02. The van der Waals surface area contributed by atoms with Gasteiger partial charge >= 0.3 is 0 Å². The molecule has 19 heavy (non-hydrogen) atoms. The van der Waals surface area contributed by atoms with Gasteiger partial charge in [0.05, 0.1) is 11.2 Å². The maximum Gasteiger partial charge on any atom is 0.227 e. The summed E-state index contributed by atoms with van der Waals surface area (Å²) >= 11 is 0. The summed E-state index contributed by atoms with van der Waals surface area (Å²) in [5.41, 5.74) is 2.69. The summed E-state index contributed by atoms with van der Waals surface area (Å²) in [7, 11) is 0. The number of hydrogen-bond donors (Lipinski definition) is 1. The maximum absolute atomic E-state index is 12.1. The molecule has 3 nitrogen and oxygen atoms in total. The number of rotatable bonds is 4. The summed E-state index contributed by atoms with van der Waals surface area (Å²) in [6, 6.07) is 9.80. The average Bonchev–Trinajstić information content (AvgIpc) is 2.38. The number of nitrogens with one attached hydrogen (secondary N) is 1. The van der Waals surface area contributed by atoms with E-state index < -0.39 is 0 Å². The molecular formula is C16H20N2O. The Morgan fingerprint density at radius 1 is 1.37 bits per heavy atom. The van der Waals surface area contributed by atoms with Gasteiger partial charge in [0.25, 0.3) is 0 Å². The van der Waals surface area contributed by atoms with Gasteiger partial charge in [-0.25, -0.2) is 0 Å². The number of carbonyl (C=O) groups is 1. The van der Waals surface area contributed by atoms with E-state index in [1.54, 1.807) is 0 Å². The second kappa shape index (κ2) is 5.83. The summed E-state index contributed by atoms with van der Waals surface area (Å²) < 4.78 is 0. The summed E-state index contributed by atoms with van der Waals surface area (Å²) in [4.78, 5) is 16.6. The van der Waals surface area contributed by atoms with E-state index in [4.69, 9.17) is 0 Å². The molecule has 0 unspecified atom stereocenters. The van der Waals surface area contributed by atoms with E-state index in [1.165, 1.54) is 0 Å². The highest BCUT2D eigenvalue weighted by atomic mass is 16.1. The molecule has 0 aliphatic heterocycles. The van der Waals surface area contributed by atoms with E-state index in [-0.39, 0.29) is 11.8 Å². The van der Waals surface area contributed by atoms with Crippen LogP contribution in [-0.2, 0) is 4.79 Å². The molecule has 1 heterocycles. The normalized spacial score (nSPS) is 12.4. The molecule has 3 heteroatoms. The number of aryl methyl sites for hydroxylation is 1. The minimum absolute atomic E-state index is 0.0391. The molecule has 0 radical (unpaired) electrons. The molecule has 1 aromatic carbocycles. The Morgan fingerprint density at radius 2 is 2.11 bits per heavy atom. The zero-order valence-corrected chi connectivity index (χ0v) is 11.7. The third-order valence-electron chi connectivity index (χ3n) is 3.27.